The minimum atomic E-state index is -0.834. The maximum absolute atomic E-state index is 11.9. The van der Waals surface area contributed by atoms with Crippen LogP contribution in [0.1, 0.15) is 26.2 Å². The molecule has 0 spiro atoms. The number of hydrogen-bond donors (Lipinski definition) is 3. The molecular weight excluding hydrogens is 234 g/mol. The van der Waals surface area contributed by atoms with Crippen molar-refractivity contribution in [1.82, 2.24) is 15.5 Å². The second kappa shape index (κ2) is 6.04. The molecule has 104 valence electrons. The summed E-state index contributed by atoms with van der Waals surface area (Å²) < 4.78 is 0. The number of carbonyl (C=O) groups is 2. The molecule has 2 unspecified atom stereocenters. The Morgan fingerprint density at radius 3 is 2.72 bits per heavy atom. The van der Waals surface area contributed by atoms with Gasteiger partial charge in [0.05, 0.1) is 5.41 Å². The molecule has 0 heterocycles. The number of amides is 2. The Morgan fingerprint density at radius 1 is 1.50 bits per heavy atom. The van der Waals surface area contributed by atoms with Crippen LogP contribution in [0.2, 0.25) is 0 Å². The van der Waals surface area contributed by atoms with E-state index in [4.69, 9.17) is 0 Å². The number of hydrogen-bond acceptors (Lipinski definition) is 3. The largest absolute Gasteiger partial charge is 0.481 e. The Bertz CT molecular complexity index is 322. The van der Waals surface area contributed by atoms with E-state index in [0.717, 1.165) is 12.8 Å². The average Bonchev–Trinajstić information content (AvgIpc) is 2.69. The Hall–Kier alpha value is -1.30. The molecule has 0 saturated heterocycles. The van der Waals surface area contributed by atoms with Crippen molar-refractivity contribution in [3.05, 3.63) is 0 Å². The monoisotopic (exact) mass is 257 g/mol. The second-order valence-electron chi connectivity index (χ2n) is 5.14. The lowest BCUT2D eigenvalue weighted by molar-refractivity contribution is -0.148. The molecule has 2 atom stereocenters. The highest BCUT2D eigenvalue weighted by Crippen LogP contribution is 2.38. The van der Waals surface area contributed by atoms with E-state index in [1.54, 1.807) is 18.9 Å². The summed E-state index contributed by atoms with van der Waals surface area (Å²) in [6.07, 6.45) is 2.19. The number of aliphatic carboxylic acids is 1. The van der Waals surface area contributed by atoms with Crippen LogP contribution in [0.25, 0.3) is 0 Å². The highest BCUT2D eigenvalue weighted by Gasteiger charge is 2.46. The molecule has 0 radical (unpaired) electrons. The van der Waals surface area contributed by atoms with Gasteiger partial charge in [-0.15, -0.1) is 0 Å². The number of carboxylic acids is 1. The number of carboxylic acid groups (broad SMARTS) is 1. The van der Waals surface area contributed by atoms with Gasteiger partial charge in [0.15, 0.2) is 0 Å². The third kappa shape index (κ3) is 3.13. The normalized spacial score (nSPS) is 26.9. The zero-order valence-corrected chi connectivity index (χ0v) is 11.3. The number of likely N-dealkylation sites (N-methyl/N-ethyl adjacent to an activating group) is 2. The van der Waals surface area contributed by atoms with Gasteiger partial charge in [0.1, 0.15) is 0 Å². The van der Waals surface area contributed by atoms with Crippen molar-refractivity contribution in [3.8, 4) is 0 Å². The van der Waals surface area contributed by atoms with E-state index >= 15 is 0 Å². The van der Waals surface area contributed by atoms with Crippen LogP contribution in [0.3, 0.4) is 0 Å². The predicted octanol–water partition coefficient (Wildman–Crippen LogP) is 0.491. The van der Waals surface area contributed by atoms with Gasteiger partial charge in [0.25, 0.3) is 0 Å². The lowest BCUT2D eigenvalue weighted by atomic mass is 9.85. The van der Waals surface area contributed by atoms with Gasteiger partial charge in [0, 0.05) is 26.2 Å². The van der Waals surface area contributed by atoms with Crippen LogP contribution in [0, 0.1) is 5.41 Å². The fourth-order valence-corrected chi connectivity index (χ4v) is 2.29. The first-order valence-electron chi connectivity index (χ1n) is 6.31. The first kappa shape index (κ1) is 14.8. The molecule has 18 heavy (non-hydrogen) atoms. The summed E-state index contributed by atoms with van der Waals surface area (Å²) in [5.41, 5.74) is -0.834. The maximum atomic E-state index is 11.9. The third-order valence-electron chi connectivity index (χ3n) is 3.79. The van der Waals surface area contributed by atoms with Crippen LogP contribution < -0.4 is 10.6 Å². The Kier molecular flexibility index (Phi) is 4.95. The predicted molar refractivity (Wildman–Crippen MR) is 68.5 cm³/mol. The lowest BCUT2D eigenvalue weighted by Crippen LogP contribution is -2.51. The number of nitrogens with zero attached hydrogens (tertiary/aromatic N) is 1. The van der Waals surface area contributed by atoms with Crippen LogP contribution in [-0.4, -0.2) is 55.2 Å². The second-order valence-corrected chi connectivity index (χ2v) is 5.14. The Morgan fingerprint density at radius 2 is 2.17 bits per heavy atom. The molecule has 0 bridgehead atoms. The highest BCUT2D eigenvalue weighted by atomic mass is 16.4. The van der Waals surface area contributed by atoms with Crippen molar-refractivity contribution < 1.29 is 14.7 Å². The summed E-state index contributed by atoms with van der Waals surface area (Å²) in [5.74, 6) is -0.830. The van der Waals surface area contributed by atoms with Gasteiger partial charge in [-0.05, 0) is 26.8 Å². The van der Waals surface area contributed by atoms with Crippen molar-refractivity contribution in [2.45, 2.75) is 32.2 Å². The first-order chi connectivity index (χ1) is 8.41. The van der Waals surface area contributed by atoms with Crippen molar-refractivity contribution >= 4 is 12.0 Å². The Labute approximate surface area is 108 Å². The van der Waals surface area contributed by atoms with Gasteiger partial charge in [-0.1, -0.05) is 6.42 Å². The molecule has 0 aromatic carbocycles. The van der Waals surface area contributed by atoms with E-state index in [9.17, 15) is 14.7 Å². The number of nitrogens with one attached hydrogen (secondary N) is 2. The van der Waals surface area contributed by atoms with Crippen molar-refractivity contribution in [3.63, 3.8) is 0 Å². The van der Waals surface area contributed by atoms with Crippen LogP contribution in [-0.2, 0) is 4.79 Å². The number of rotatable bonds is 5. The van der Waals surface area contributed by atoms with Crippen LogP contribution in [0.5, 0.6) is 0 Å². The average molecular weight is 257 g/mol. The summed E-state index contributed by atoms with van der Waals surface area (Å²) in [7, 11) is 3.53. The third-order valence-corrected chi connectivity index (χ3v) is 3.79. The lowest BCUT2D eigenvalue weighted by Gasteiger charge is -2.29. The van der Waals surface area contributed by atoms with Crippen LogP contribution >= 0.6 is 0 Å². The quantitative estimate of drug-likeness (QED) is 0.669. The minimum absolute atomic E-state index is 0.204. The van der Waals surface area contributed by atoms with E-state index in [2.05, 4.69) is 10.6 Å². The van der Waals surface area contributed by atoms with E-state index in [1.807, 2.05) is 7.05 Å². The van der Waals surface area contributed by atoms with Gasteiger partial charge in [-0.2, -0.15) is 0 Å². The SMILES string of the molecule is CNCCN(C)C(=O)NC1CCCC1(C)C(=O)O. The molecule has 6 heteroatoms. The molecule has 1 aliphatic rings. The number of urea groups is 1. The summed E-state index contributed by atoms with van der Waals surface area (Å²) in [5, 5.41) is 15.1. The molecule has 1 rings (SSSR count). The van der Waals surface area contributed by atoms with Crippen LogP contribution in [0.15, 0.2) is 0 Å². The topological polar surface area (TPSA) is 81.7 Å². The van der Waals surface area contributed by atoms with Crippen molar-refractivity contribution in [1.29, 1.82) is 0 Å². The molecule has 0 aromatic rings. The van der Waals surface area contributed by atoms with Gasteiger partial charge in [-0.25, -0.2) is 4.79 Å². The van der Waals surface area contributed by atoms with E-state index < -0.39 is 11.4 Å². The fraction of sp³-hybridized carbons (Fsp3) is 0.833. The van der Waals surface area contributed by atoms with Gasteiger partial charge in [0.2, 0.25) is 0 Å². The van der Waals surface area contributed by atoms with Crippen molar-refractivity contribution in [2.24, 2.45) is 5.41 Å². The summed E-state index contributed by atoms with van der Waals surface area (Å²) in [6, 6.07) is -0.482. The van der Waals surface area contributed by atoms with Crippen molar-refractivity contribution in [2.75, 3.05) is 27.2 Å². The van der Waals surface area contributed by atoms with Gasteiger partial charge >= 0.3 is 12.0 Å². The summed E-state index contributed by atoms with van der Waals surface area (Å²) in [6.45, 7) is 3.02. The summed E-state index contributed by atoms with van der Waals surface area (Å²) in [4.78, 5) is 24.8. The molecular formula is C12H23N3O3. The van der Waals surface area contributed by atoms with E-state index in [-0.39, 0.29) is 12.1 Å². The van der Waals surface area contributed by atoms with Gasteiger partial charge < -0.3 is 20.6 Å². The molecule has 3 N–H and O–H groups in total. The zero-order chi connectivity index (χ0) is 13.8. The number of carbonyl (C=O) groups excluding carboxylic acids is 1. The Balaban J connectivity index is 2.56. The van der Waals surface area contributed by atoms with E-state index in [0.29, 0.717) is 19.5 Å². The minimum Gasteiger partial charge on any atom is -0.481 e. The molecule has 2 amide bonds. The zero-order valence-electron chi connectivity index (χ0n) is 11.3. The first-order valence-corrected chi connectivity index (χ1v) is 6.31. The summed E-state index contributed by atoms with van der Waals surface area (Å²) >= 11 is 0. The van der Waals surface area contributed by atoms with Crippen LogP contribution in [0.4, 0.5) is 4.79 Å². The van der Waals surface area contributed by atoms with E-state index in [1.165, 1.54) is 0 Å². The standard InChI is InChI=1S/C12H23N3O3/c1-12(10(16)17)6-4-5-9(12)14-11(18)15(3)8-7-13-2/h9,13H,4-8H2,1-3H3,(H,14,18)(H,16,17). The van der Waals surface area contributed by atoms with Gasteiger partial charge in [-0.3, -0.25) is 4.79 Å². The smallest absolute Gasteiger partial charge is 0.317 e. The fourth-order valence-electron chi connectivity index (χ4n) is 2.29. The molecule has 0 aromatic heterocycles. The molecule has 0 aliphatic heterocycles. The molecule has 1 aliphatic carbocycles. The molecule has 1 saturated carbocycles. The molecule has 6 nitrogen and oxygen atoms in total. The highest BCUT2D eigenvalue weighted by molar-refractivity contribution is 5.79. The molecule has 1 fully saturated rings. The maximum Gasteiger partial charge on any atom is 0.317 e.